The Kier molecular flexibility index (Phi) is 18.8. The zero-order chi connectivity index (χ0) is 43.4. The zero-order valence-electron chi connectivity index (χ0n) is 36.6. The van der Waals surface area contributed by atoms with E-state index in [9.17, 15) is 29.1 Å². The minimum Gasteiger partial charge on any atom is -0.476 e. The molecule has 0 spiro atoms. The smallest absolute Gasteiger partial charge is 0.355 e. The number of thiazole rings is 1. The molecule has 9 atom stereocenters. The standard InChI is InChI=1S/C43H68N6O8S/c1-13-27(6)37(48(10)42(53)35(25(2)3)46-40(52)36(26(4)5)47(8)9)33(56-11)23-34(50)49-21-17-20-32(49)38(57-12)28(7)39(51)44-30(22-29-18-15-14-16-19-29)41-45-31(24-58-41)43(54)55/h14-16,18-19,24-28,30,32-33,35-38H,13,17,20-23H2,1-12H3,(H,44,51)(H,46,52)(H,54,55)/t27-,28+,30-,32?,33+,35?,36?,37-,38+/m0/s1. The van der Waals surface area contributed by atoms with Crippen molar-refractivity contribution in [3.8, 4) is 0 Å². The van der Waals surface area contributed by atoms with E-state index in [0.717, 1.165) is 18.4 Å². The van der Waals surface area contributed by atoms with Crippen LogP contribution in [0.3, 0.4) is 0 Å². The van der Waals surface area contributed by atoms with Gasteiger partial charge in [-0.1, -0.05) is 85.2 Å². The molecule has 0 saturated carbocycles. The van der Waals surface area contributed by atoms with Gasteiger partial charge in [0.2, 0.25) is 23.6 Å². The van der Waals surface area contributed by atoms with Crippen molar-refractivity contribution in [2.75, 3.05) is 41.9 Å². The van der Waals surface area contributed by atoms with Gasteiger partial charge in [-0.25, -0.2) is 9.78 Å². The molecule has 3 unspecified atom stereocenters. The minimum absolute atomic E-state index is 0.000499. The monoisotopic (exact) mass is 828 g/mol. The highest BCUT2D eigenvalue weighted by atomic mass is 32.1. The Morgan fingerprint density at radius 2 is 1.60 bits per heavy atom. The molecule has 58 heavy (non-hydrogen) atoms. The average Bonchev–Trinajstić information content (AvgIpc) is 3.87. The summed E-state index contributed by atoms with van der Waals surface area (Å²) in [5.74, 6) is -2.94. The molecule has 0 bridgehead atoms. The highest BCUT2D eigenvalue weighted by molar-refractivity contribution is 7.09. The fourth-order valence-corrected chi connectivity index (χ4v) is 9.15. The number of ether oxygens (including phenoxy) is 2. The first kappa shape index (κ1) is 48.4. The molecule has 2 aromatic rings. The third kappa shape index (κ3) is 12.3. The minimum atomic E-state index is -1.14. The second kappa shape index (κ2) is 22.5. The predicted octanol–water partition coefficient (Wildman–Crippen LogP) is 4.89. The molecule has 1 aliphatic rings. The normalized spacial score (nSPS) is 18.6. The van der Waals surface area contributed by atoms with E-state index in [1.54, 1.807) is 38.0 Å². The van der Waals surface area contributed by atoms with Gasteiger partial charge in [-0.3, -0.25) is 24.1 Å². The van der Waals surface area contributed by atoms with E-state index in [1.807, 2.05) is 90.9 Å². The fourth-order valence-electron chi connectivity index (χ4n) is 8.31. The summed E-state index contributed by atoms with van der Waals surface area (Å²) >= 11 is 1.18. The van der Waals surface area contributed by atoms with Crippen LogP contribution >= 0.6 is 11.3 Å². The second-order valence-electron chi connectivity index (χ2n) is 16.6. The molecule has 15 heteroatoms. The first-order valence-electron chi connectivity index (χ1n) is 20.5. The molecule has 3 rings (SSSR count). The van der Waals surface area contributed by atoms with Crippen molar-refractivity contribution in [1.82, 2.24) is 30.3 Å². The Balaban J connectivity index is 1.82. The Morgan fingerprint density at radius 3 is 2.12 bits per heavy atom. The van der Waals surface area contributed by atoms with Crippen LogP contribution < -0.4 is 10.6 Å². The highest BCUT2D eigenvalue weighted by Gasteiger charge is 2.43. The number of nitrogens with one attached hydrogen (secondary N) is 2. The third-order valence-electron chi connectivity index (χ3n) is 11.6. The van der Waals surface area contributed by atoms with Crippen LogP contribution in [0.15, 0.2) is 35.7 Å². The largest absolute Gasteiger partial charge is 0.476 e. The first-order chi connectivity index (χ1) is 27.4. The number of hydrogen-bond acceptors (Lipinski definition) is 10. The van der Waals surface area contributed by atoms with Crippen LogP contribution in [0, 0.1) is 23.7 Å². The van der Waals surface area contributed by atoms with E-state index < -0.39 is 54.3 Å². The molecule has 0 aliphatic carbocycles. The molecule has 2 heterocycles. The molecule has 3 N–H and O–H groups in total. The van der Waals surface area contributed by atoms with Crippen LogP contribution in [-0.2, 0) is 35.1 Å². The number of aromatic nitrogens is 1. The number of carbonyl (C=O) groups is 5. The van der Waals surface area contributed by atoms with Crippen LogP contribution in [-0.4, -0.2) is 133 Å². The van der Waals surface area contributed by atoms with Crippen molar-refractivity contribution in [1.29, 1.82) is 0 Å². The molecule has 4 amide bonds. The number of amides is 4. The van der Waals surface area contributed by atoms with E-state index in [1.165, 1.54) is 16.7 Å². The Hall–Kier alpha value is -3.92. The number of carboxylic acids is 1. The number of methoxy groups -OCH3 is 2. The number of likely N-dealkylation sites (N-methyl/N-ethyl adjacent to an activating group) is 2. The van der Waals surface area contributed by atoms with Gasteiger partial charge in [0, 0.05) is 33.2 Å². The highest BCUT2D eigenvalue weighted by Crippen LogP contribution is 2.31. The van der Waals surface area contributed by atoms with E-state index >= 15 is 0 Å². The number of carboxylic acid groups (broad SMARTS) is 1. The van der Waals surface area contributed by atoms with E-state index in [4.69, 9.17) is 9.47 Å². The summed E-state index contributed by atoms with van der Waals surface area (Å²) in [6.07, 6.45) is 1.19. The molecule has 1 aliphatic heterocycles. The van der Waals surface area contributed by atoms with Crippen LogP contribution in [0.2, 0.25) is 0 Å². The SMILES string of the molecule is CC[C@H](C)[C@@H]([C@@H](CC(=O)N1CCCC1[C@H](OC)[C@@H](C)C(=O)N[C@@H](Cc1ccccc1)c1nc(C(=O)O)cs1)OC)N(C)C(=O)C(NC(=O)C(C(C)C)N(C)C)C(C)C. The molecule has 1 aromatic carbocycles. The quantitative estimate of drug-likeness (QED) is 0.149. The zero-order valence-corrected chi connectivity index (χ0v) is 37.4. The van der Waals surface area contributed by atoms with Crippen molar-refractivity contribution in [3.63, 3.8) is 0 Å². The summed E-state index contributed by atoms with van der Waals surface area (Å²) in [5.41, 5.74) is 0.870. The van der Waals surface area contributed by atoms with E-state index in [0.29, 0.717) is 24.4 Å². The number of hydrogen-bond donors (Lipinski definition) is 3. The first-order valence-corrected chi connectivity index (χ1v) is 21.4. The molecule has 0 radical (unpaired) electrons. The van der Waals surface area contributed by atoms with Crippen LogP contribution in [0.5, 0.6) is 0 Å². The van der Waals surface area contributed by atoms with Gasteiger partial charge < -0.3 is 35.0 Å². The van der Waals surface area contributed by atoms with Gasteiger partial charge >= 0.3 is 5.97 Å². The van der Waals surface area contributed by atoms with Crippen molar-refractivity contribution in [2.24, 2.45) is 23.7 Å². The average molecular weight is 829 g/mol. The lowest BCUT2D eigenvalue weighted by molar-refractivity contribution is -0.148. The summed E-state index contributed by atoms with van der Waals surface area (Å²) in [6.45, 7) is 14.1. The number of carbonyl (C=O) groups excluding carboxylic acids is 4. The maximum atomic E-state index is 14.3. The van der Waals surface area contributed by atoms with Gasteiger partial charge in [-0.05, 0) is 56.7 Å². The lowest BCUT2D eigenvalue weighted by atomic mass is 9.89. The Labute approximate surface area is 349 Å². The fraction of sp³-hybridized carbons (Fsp3) is 0.674. The molecule has 14 nitrogen and oxygen atoms in total. The number of aromatic carboxylic acids is 1. The van der Waals surface area contributed by atoms with E-state index in [-0.39, 0.29) is 53.5 Å². The number of nitrogens with zero attached hydrogens (tertiary/aromatic N) is 4. The van der Waals surface area contributed by atoms with Crippen LogP contribution in [0.25, 0.3) is 0 Å². The summed E-state index contributed by atoms with van der Waals surface area (Å²) in [6, 6.07) is 6.95. The number of benzene rings is 1. The van der Waals surface area contributed by atoms with Crippen molar-refractivity contribution in [2.45, 2.75) is 123 Å². The van der Waals surface area contributed by atoms with E-state index in [2.05, 4.69) is 15.6 Å². The molecule has 1 aromatic heterocycles. The van der Waals surface area contributed by atoms with Gasteiger partial charge in [0.25, 0.3) is 0 Å². The molecule has 1 fully saturated rings. The lowest BCUT2D eigenvalue weighted by Crippen LogP contribution is -2.59. The molecule has 1 saturated heterocycles. The summed E-state index contributed by atoms with van der Waals surface area (Å²) in [5, 5.41) is 17.6. The topological polar surface area (TPSA) is 171 Å². The van der Waals surface area contributed by atoms with Gasteiger partial charge in [-0.15, -0.1) is 11.3 Å². The third-order valence-corrected chi connectivity index (χ3v) is 12.5. The van der Waals surface area contributed by atoms with Gasteiger partial charge in [-0.2, -0.15) is 0 Å². The number of likely N-dealkylation sites (tertiary alicyclic amines) is 1. The van der Waals surface area contributed by atoms with Crippen LogP contribution in [0.4, 0.5) is 0 Å². The lowest BCUT2D eigenvalue weighted by Gasteiger charge is -2.41. The summed E-state index contributed by atoms with van der Waals surface area (Å²) in [7, 11) is 8.52. The van der Waals surface area contributed by atoms with Crippen molar-refractivity contribution in [3.05, 3.63) is 52.0 Å². The Bertz CT molecular complexity index is 1650. The summed E-state index contributed by atoms with van der Waals surface area (Å²) < 4.78 is 12.0. The van der Waals surface area contributed by atoms with Crippen molar-refractivity contribution < 1.29 is 38.6 Å². The number of rotatable bonds is 22. The second-order valence-corrected chi connectivity index (χ2v) is 17.5. The molecular formula is C43H68N6O8S. The maximum absolute atomic E-state index is 14.3. The Morgan fingerprint density at radius 1 is 0.948 bits per heavy atom. The van der Waals surface area contributed by atoms with Gasteiger partial charge in [0.15, 0.2) is 5.69 Å². The molecule has 324 valence electrons. The van der Waals surface area contributed by atoms with Gasteiger partial charge in [0.1, 0.15) is 11.0 Å². The maximum Gasteiger partial charge on any atom is 0.355 e. The summed E-state index contributed by atoms with van der Waals surface area (Å²) in [4.78, 5) is 77.3. The predicted molar refractivity (Wildman–Crippen MR) is 225 cm³/mol. The molecular weight excluding hydrogens is 761 g/mol. The van der Waals surface area contributed by atoms with Gasteiger partial charge in [0.05, 0.1) is 48.7 Å². The van der Waals surface area contributed by atoms with Crippen molar-refractivity contribution >= 4 is 40.9 Å². The van der Waals surface area contributed by atoms with Crippen LogP contribution in [0.1, 0.15) is 101 Å².